The Morgan fingerprint density at radius 2 is 1.93 bits per heavy atom. The van der Waals surface area contributed by atoms with Crippen LogP contribution in [0, 0.1) is 5.82 Å². The fourth-order valence-electron chi connectivity index (χ4n) is 2.63. The largest absolute Gasteiger partial charge is 0.325 e. The molecule has 136 valence electrons. The van der Waals surface area contributed by atoms with Crippen molar-refractivity contribution < 1.29 is 9.18 Å². The number of fused-ring (bicyclic) bond motifs is 1. The number of hydrogen-bond acceptors (Lipinski definition) is 4. The van der Waals surface area contributed by atoms with Crippen molar-refractivity contribution in [3.05, 3.63) is 77.7 Å². The fourth-order valence-corrected chi connectivity index (χ4v) is 4.12. The highest BCUT2D eigenvalue weighted by atomic mass is 32.2. The minimum absolute atomic E-state index is 0.0580. The summed E-state index contributed by atoms with van der Waals surface area (Å²) in [5, 5.41) is 4.89. The third-order valence-corrected chi connectivity index (χ3v) is 5.75. The number of carbonyl (C=O) groups excluding carboxylic acids is 1. The van der Waals surface area contributed by atoms with Crippen molar-refractivity contribution in [1.29, 1.82) is 0 Å². The highest BCUT2D eigenvalue weighted by molar-refractivity contribution is 7.99. The van der Waals surface area contributed by atoms with Gasteiger partial charge in [0.25, 0.3) is 0 Å². The highest BCUT2D eigenvalue weighted by Gasteiger charge is 2.07. The summed E-state index contributed by atoms with van der Waals surface area (Å²) in [6.45, 7) is 0. The third-order valence-electron chi connectivity index (χ3n) is 3.97. The Hall–Kier alpha value is -2.64. The smallest absolute Gasteiger partial charge is 0.234 e. The Labute approximate surface area is 164 Å². The minimum Gasteiger partial charge on any atom is -0.325 e. The van der Waals surface area contributed by atoms with E-state index in [0.717, 1.165) is 27.5 Å². The molecule has 2 aromatic heterocycles. The molecule has 7 heteroatoms. The zero-order chi connectivity index (χ0) is 18.6. The molecule has 0 unspecified atom stereocenters. The number of nitrogens with zero attached hydrogens (tertiary/aromatic N) is 2. The SMILES string of the molecule is O=C(CSCc1ccc(F)cc1)Nc1ccc(-c2cn3ccsc3n2)cc1. The average Bonchev–Trinajstić information content (AvgIpc) is 3.26. The molecule has 2 heterocycles. The number of carbonyl (C=O) groups is 1. The minimum atomic E-state index is -0.250. The van der Waals surface area contributed by atoms with Crippen LogP contribution in [0.4, 0.5) is 10.1 Å². The quantitative estimate of drug-likeness (QED) is 0.494. The first-order chi connectivity index (χ1) is 13.2. The van der Waals surface area contributed by atoms with Gasteiger partial charge in [0.1, 0.15) is 5.82 Å². The topological polar surface area (TPSA) is 46.4 Å². The van der Waals surface area contributed by atoms with Gasteiger partial charge in [0.15, 0.2) is 4.96 Å². The van der Waals surface area contributed by atoms with Crippen LogP contribution < -0.4 is 5.32 Å². The van der Waals surface area contributed by atoms with E-state index in [9.17, 15) is 9.18 Å². The Morgan fingerprint density at radius 3 is 2.67 bits per heavy atom. The van der Waals surface area contributed by atoms with E-state index in [4.69, 9.17) is 0 Å². The van der Waals surface area contributed by atoms with Gasteiger partial charge in [0.2, 0.25) is 5.91 Å². The second kappa shape index (κ2) is 7.94. The molecular weight excluding hydrogens is 381 g/mol. The summed E-state index contributed by atoms with van der Waals surface area (Å²) in [6.07, 6.45) is 3.97. The van der Waals surface area contributed by atoms with Gasteiger partial charge >= 0.3 is 0 Å². The van der Waals surface area contributed by atoms with E-state index in [0.29, 0.717) is 11.5 Å². The van der Waals surface area contributed by atoms with Crippen LogP contribution in [0.1, 0.15) is 5.56 Å². The number of halogens is 1. The third kappa shape index (κ3) is 4.37. The summed E-state index contributed by atoms with van der Waals surface area (Å²) in [6, 6.07) is 14.0. The van der Waals surface area contributed by atoms with Crippen molar-refractivity contribution in [2.75, 3.05) is 11.1 Å². The maximum Gasteiger partial charge on any atom is 0.234 e. The van der Waals surface area contributed by atoms with Gasteiger partial charge in [-0.1, -0.05) is 24.3 Å². The van der Waals surface area contributed by atoms with Crippen molar-refractivity contribution in [3.63, 3.8) is 0 Å². The van der Waals surface area contributed by atoms with Gasteiger partial charge in [0, 0.05) is 34.8 Å². The summed E-state index contributed by atoms with van der Waals surface area (Å²) in [4.78, 5) is 17.6. The van der Waals surface area contributed by atoms with Crippen molar-refractivity contribution in [2.45, 2.75) is 5.75 Å². The van der Waals surface area contributed by atoms with Crippen LogP contribution in [0.15, 0.2) is 66.3 Å². The number of imidazole rings is 1. The number of anilines is 1. The van der Waals surface area contributed by atoms with Gasteiger partial charge in [-0.3, -0.25) is 9.20 Å². The highest BCUT2D eigenvalue weighted by Crippen LogP contribution is 2.23. The molecule has 1 amide bonds. The summed E-state index contributed by atoms with van der Waals surface area (Å²) < 4.78 is 14.9. The predicted molar refractivity (Wildman–Crippen MR) is 110 cm³/mol. The molecule has 2 aromatic carbocycles. The zero-order valence-electron chi connectivity index (χ0n) is 14.3. The number of thiazole rings is 1. The molecule has 0 atom stereocenters. The predicted octanol–water partition coefficient (Wildman–Crippen LogP) is 5.07. The van der Waals surface area contributed by atoms with Crippen molar-refractivity contribution in [1.82, 2.24) is 9.38 Å². The van der Waals surface area contributed by atoms with Crippen molar-refractivity contribution in [2.24, 2.45) is 0 Å². The van der Waals surface area contributed by atoms with Crippen LogP contribution in [-0.4, -0.2) is 21.0 Å². The lowest BCUT2D eigenvalue weighted by molar-refractivity contribution is -0.113. The molecule has 0 aliphatic heterocycles. The van der Waals surface area contributed by atoms with Gasteiger partial charge in [0.05, 0.1) is 11.4 Å². The van der Waals surface area contributed by atoms with Gasteiger partial charge < -0.3 is 5.32 Å². The van der Waals surface area contributed by atoms with Crippen molar-refractivity contribution >= 4 is 39.7 Å². The van der Waals surface area contributed by atoms with Gasteiger partial charge in [-0.05, 0) is 29.8 Å². The molecule has 27 heavy (non-hydrogen) atoms. The standard InChI is InChI=1S/C20H16FN3OS2/c21-16-5-1-14(2-6-16)12-26-13-19(25)22-17-7-3-15(4-8-17)18-11-24-9-10-27-20(24)23-18/h1-11H,12-13H2,(H,22,25). The molecule has 1 N–H and O–H groups in total. The van der Waals surface area contributed by atoms with E-state index in [1.165, 1.54) is 23.9 Å². The molecule has 0 saturated heterocycles. The van der Waals surface area contributed by atoms with Gasteiger partial charge in [-0.15, -0.1) is 23.1 Å². The lowest BCUT2D eigenvalue weighted by Gasteiger charge is -2.06. The van der Waals surface area contributed by atoms with Crippen LogP contribution in [0.2, 0.25) is 0 Å². The Bertz CT molecular complexity index is 1030. The Kier molecular flexibility index (Phi) is 5.22. The molecule has 4 rings (SSSR count). The van der Waals surface area contributed by atoms with Gasteiger partial charge in [-0.25, -0.2) is 9.37 Å². The number of thioether (sulfide) groups is 1. The van der Waals surface area contributed by atoms with E-state index in [2.05, 4.69) is 10.3 Å². The molecule has 4 aromatic rings. The second-order valence-corrected chi connectivity index (χ2v) is 7.82. The van der Waals surface area contributed by atoms with E-state index in [1.807, 2.05) is 46.4 Å². The number of hydrogen-bond donors (Lipinski definition) is 1. The first-order valence-electron chi connectivity index (χ1n) is 8.32. The normalized spacial score (nSPS) is 11.0. The molecule has 0 fully saturated rings. The lowest BCUT2D eigenvalue weighted by Crippen LogP contribution is -2.14. The maximum absolute atomic E-state index is 12.9. The van der Waals surface area contributed by atoms with E-state index in [1.54, 1.807) is 23.5 Å². The average molecular weight is 398 g/mol. The molecule has 0 aliphatic carbocycles. The number of nitrogens with one attached hydrogen (secondary N) is 1. The van der Waals surface area contributed by atoms with Crippen LogP contribution >= 0.6 is 23.1 Å². The first kappa shape index (κ1) is 17.8. The van der Waals surface area contributed by atoms with Crippen LogP contribution in [0.3, 0.4) is 0 Å². The lowest BCUT2D eigenvalue weighted by atomic mass is 10.1. The summed E-state index contributed by atoms with van der Waals surface area (Å²) >= 11 is 3.09. The molecule has 4 nitrogen and oxygen atoms in total. The zero-order valence-corrected chi connectivity index (χ0v) is 15.9. The molecule has 0 spiro atoms. The Balaban J connectivity index is 1.30. The monoisotopic (exact) mass is 397 g/mol. The van der Waals surface area contributed by atoms with Crippen LogP contribution in [0.25, 0.3) is 16.2 Å². The van der Waals surface area contributed by atoms with E-state index >= 15 is 0 Å². The van der Waals surface area contributed by atoms with E-state index < -0.39 is 0 Å². The van der Waals surface area contributed by atoms with Crippen LogP contribution in [-0.2, 0) is 10.5 Å². The van der Waals surface area contributed by atoms with Crippen molar-refractivity contribution in [3.8, 4) is 11.3 Å². The number of amides is 1. The van der Waals surface area contributed by atoms with Gasteiger partial charge in [-0.2, -0.15) is 0 Å². The summed E-state index contributed by atoms with van der Waals surface area (Å²) in [5.41, 5.74) is 3.68. The second-order valence-electron chi connectivity index (χ2n) is 5.96. The first-order valence-corrected chi connectivity index (χ1v) is 10.4. The molecule has 0 saturated carbocycles. The Morgan fingerprint density at radius 1 is 1.15 bits per heavy atom. The molecular formula is C20H16FN3OS2. The maximum atomic E-state index is 12.9. The van der Waals surface area contributed by atoms with E-state index in [-0.39, 0.29) is 11.7 Å². The molecule has 0 bridgehead atoms. The summed E-state index contributed by atoms with van der Waals surface area (Å²) in [5.74, 6) is 0.707. The number of benzene rings is 2. The summed E-state index contributed by atoms with van der Waals surface area (Å²) in [7, 11) is 0. The molecule has 0 radical (unpaired) electrons. The fraction of sp³-hybridized carbons (Fsp3) is 0.100. The molecule has 0 aliphatic rings. The number of aromatic nitrogens is 2. The number of rotatable bonds is 6. The van der Waals surface area contributed by atoms with Crippen LogP contribution in [0.5, 0.6) is 0 Å².